The molecular formula is C25H38BrN7O. The quantitative estimate of drug-likeness (QED) is 0.290. The number of rotatable bonds is 14. The van der Waals surface area contributed by atoms with E-state index in [1.54, 1.807) is 16.8 Å². The van der Waals surface area contributed by atoms with Crippen molar-refractivity contribution in [3.63, 3.8) is 0 Å². The fourth-order valence-corrected chi connectivity index (χ4v) is 4.63. The van der Waals surface area contributed by atoms with Crippen LogP contribution in [0.3, 0.4) is 0 Å². The average Bonchev–Trinajstić information content (AvgIpc) is 3.42. The van der Waals surface area contributed by atoms with Crippen molar-refractivity contribution in [2.45, 2.75) is 78.8 Å². The van der Waals surface area contributed by atoms with E-state index >= 15 is 0 Å². The smallest absolute Gasteiger partial charge is 0.272 e. The maximum atomic E-state index is 13.0. The molecule has 3 aromatic rings. The molecule has 0 saturated carbocycles. The number of hydrogen-bond acceptors (Lipinski definition) is 5. The maximum absolute atomic E-state index is 13.0. The van der Waals surface area contributed by atoms with E-state index < -0.39 is 0 Å². The Morgan fingerprint density at radius 3 is 2.44 bits per heavy atom. The summed E-state index contributed by atoms with van der Waals surface area (Å²) in [5.41, 5.74) is 2.54. The van der Waals surface area contributed by atoms with Gasteiger partial charge in [0.1, 0.15) is 5.69 Å². The Morgan fingerprint density at radius 2 is 1.82 bits per heavy atom. The lowest BCUT2D eigenvalue weighted by Gasteiger charge is -2.26. The molecular weight excluding hydrogens is 494 g/mol. The third-order valence-corrected chi connectivity index (χ3v) is 6.52. The van der Waals surface area contributed by atoms with Gasteiger partial charge in [-0.15, -0.1) is 0 Å². The van der Waals surface area contributed by atoms with Crippen LogP contribution in [-0.4, -0.2) is 60.9 Å². The molecule has 0 aliphatic rings. The first kappa shape index (κ1) is 26.3. The summed E-state index contributed by atoms with van der Waals surface area (Å²) in [6.07, 6.45) is 11.0. The first-order valence-electron chi connectivity index (χ1n) is 12.6. The van der Waals surface area contributed by atoms with Crippen LogP contribution in [0.5, 0.6) is 0 Å². The Kier molecular flexibility index (Phi) is 10.1. The Bertz CT molecular complexity index is 1050. The number of nitrogens with one attached hydrogen (secondary N) is 1. The molecule has 0 bridgehead atoms. The third-order valence-electron chi connectivity index (χ3n) is 5.94. The minimum absolute atomic E-state index is 0.0300. The number of nitrogens with zero attached hydrogens (tertiary/aromatic N) is 6. The lowest BCUT2D eigenvalue weighted by molar-refractivity contribution is 0.0923. The predicted octanol–water partition coefficient (Wildman–Crippen LogP) is 5.18. The molecule has 1 unspecified atom stereocenters. The van der Waals surface area contributed by atoms with Gasteiger partial charge in [0, 0.05) is 37.6 Å². The summed E-state index contributed by atoms with van der Waals surface area (Å²) in [7, 11) is 0. The number of carbonyl (C=O) groups is 1. The number of carbonyl (C=O) groups excluding carboxylic acids is 1. The van der Waals surface area contributed by atoms with Crippen LogP contribution in [0.4, 0.5) is 0 Å². The van der Waals surface area contributed by atoms with Gasteiger partial charge >= 0.3 is 0 Å². The van der Waals surface area contributed by atoms with Crippen molar-refractivity contribution in [3.8, 4) is 11.4 Å². The summed E-state index contributed by atoms with van der Waals surface area (Å²) in [6, 6.07) is 3.63. The van der Waals surface area contributed by atoms with Gasteiger partial charge in [-0.05, 0) is 61.8 Å². The molecule has 1 atom stereocenters. The number of amides is 1. The fourth-order valence-electron chi connectivity index (χ4n) is 4.11. The maximum Gasteiger partial charge on any atom is 0.272 e. The van der Waals surface area contributed by atoms with E-state index in [1.165, 1.54) is 38.5 Å². The van der Waals surface area contributed by atoms with E-state index in [4.69, 9.17) is 0 Å². The molecule has 3 rings (SSSR count). The van der Waals surface area contributed by atoms with Crippen LogP contribution in [0, 0.1) is 0 Å². The zero-order valence-electron chi connectivity index (χ0n) is 20.9. The number of aryl methyl sites for hydroxylation is 1. The van der Waals surface area contributed by atoms with Gasteiger partial charge < -0.3 is 10.2 Å². The second kappa shape index (κ2) is 13.0. The largest absolute Gasteiger partial charge is 0.347 e. The monoisotopic (exact) mass is 531 g/mol. The summed E-state index contributed by atoms with van der Waals surface area (Å²) >= 11 is 3.59. The molecule has 3 heterocycles. The number of fused-ring (bicyclic) bond motifs is 1. The van der Waals surface area contributed by atoms with E-state index in [1.807, 2.05) is 23.9 Å². The Hall–Kier alpha value is -2.26. The van der Waals surface area contributed by atoms with E-state index in [-0.39, 0.29) is 11.9 Å². The molecule has 1 amide bonds. The molecule has 0 saturated heterocycles. The zero-order valence-corrected chi connectivity index (χ0v) is 22.5. The van der Waals surface area contributed by atoms with E-state index in [0.29, 0.717) is 11.3 Å². The first-order chi connectivity index (χ1) is 16.5. The Labute approximate surface area is 211 Å². The lowest BCUT2D eigenvalue weighted by atomic mass is 10.2. The van der Waals surface area contributed by atoms with Crippen molar-refractivity contribution in [1.29, 1.82) is 0 Å². The zero-order chi connectivity index (χ0) is 24.5. The van der Waals surface area contributed by atoms with Crippen molar-refractivity contribution >= 4 is 27.5 Å². The normalized spacial score (nSPS) is 12.5. The van der Waals surface area contributed by atoms with Crippen molar-refractivity contribution < 1.29 is 4.79 Å². The average molecular weight is 533 g/mol. The Balaban J connectivity index is 1.70. The summed E-state index contributed by atoms with van der Waals surface area (Å²) in [4.78, 5) is 19.9. The van der Waals surface area contributed by atoms with Crippen molar-refractivity contribution in [1.82, 2.24) is 34.6 Å². The summed E-state index contributed by atoms with van der Waals surface area (Å²) < 4.78 is 4.43. The van der Waals surface area contributed by atoms with Gasteiger partial charge in [0.05, 0.1) is 10.2 Å². The van der Waals surface area contributed by atoms with Crippen molar-refractivity contribution in [2.75, 3.05) is 19.6 Å². The first-order valence-corrected chi connectivity index (χ1v) is 13.4. The second-order valence-corrected chi connectivity index (χ2v) is 9.75. The van der Waals surface area contributed by atoms with Crippen molar-refractivity contribution in [3.05, 3.63) is 34.7 Å². The molecule has 0 aromatic carbocycles. The van der Waals surface area contributed by atoms with E-state index in [0.717, 1.165) is 42.0 Å². The van der Waals surface area contributed by atoms with Gasteiger partial charge in [0.25, 0.3) is 5.91 Å². The van der Waals surface area contributed by atoms with Gasteiger partial charge in [-0.2, -0.15) is 10.2 Å². The van der Waals surface area contributed by atoms with Gasteiger partial charge in [-0.1, -0.05) is 39.5 Å². The molecule has 34 heavy (non-hydrogen) atoms. The molecule has 186 valence electrons. The highest BCUT2D eigenvalue weighted by Gasteiger charge is 2.19. The molecule has 3 aromatic heterocycles. The molecule has 0 radical (unpaired) electrons. The Morgan fingerprint density at radius 1 is 1.12 bits per heavy atom. The highest BCUT2D eigenvalue weighted by Crippen LogP contribution is 2.26. The van der Waals surface area contributed by atoms with Crippen LogP contribution in [0.1, 0.15) is 76.7 Å². The predicted molar refractivity (Wildman–Crippen MR) is 140 cm³/mol. The molecule has 0 aliphatic carbocycles. The van der Waals surface area contributed by atoms with E-state index in [9.17, 15) is 4.79 Å². The highest BCUT2D eigenvalue weighted by atomic mass is 79.9. The SMILES string of the molecule is CCCCCN(CCCCC)CC(C)NC(=O)c1cc2nccc(-c3nn(CC)cc3Br)n2n1. The summed E-state index contributed by atoms with van der Waals surface area (Å²) in [5.74, 6) is -0.177. The number of aromatic nitrogens is 5. The van der Waals surface area contributed by atoms with Crippen LogP contribution in [0.25, 0.3) is 17.0 Å². The molecule has 8 nitrogen and oxygen atoms in total. The van der Waals surface area contributed by atoms with Crippen LogP contribution in [0.15, 0.2) is 29.0 Å². The topological polar surface area (TPSA) is 80.4 Å². The number of unbranched alkanes of at least 4 members (excludes halogenated alkanes) is 4. The summed E-state index contributed by atoms with van der Waals surface area (Å²) in [6.45, 7) is 12.3. The molecule has 1 N–H and O–H groups in total. The summed E-state index contributed by atoms with van der Waals surface area (Å²) in [5, 5.41) is 12.3. The molecule has 0 aliphatic heterocycles. The van der Waals surface area contributed by atoms with Gasteiger partial charge in [0.2, 0.25) is 0 Å². The molecule has 0 fully saturated rings. The molecule has 0 spiro atoms. The van der Waals surface area contributed by atoms with E-state index in [2.05, 4.69) is 62.1 Å². The fraction of sp³-hybridized carbons (Fsp3) is 0.600. The van der Waals surface area contributed by atoms with Gasteiger partial charge in [-0.25, -0.2) is 9.50 Å². The second-order valence-electron chi connectivity index (χ2n) is 8.90. The number of hydrogen-bond donors (Lipinski definition) is 1. The van der Waals surface area contributed by atoms with Crippen molar-refractivity contribution in [2.24, 2.45) is 0 Å². The van der Waals surface area contributed by atoms with Crippen LogP contribution < -0.4 is 5.32 Å². The highest BCUT2D eigenvalue weighted by molar-refractivity contribution is 9.10. The van der Waals surface area contributed by atoms with Crippen LogP contribution in [-0.2, 0) is 6.54 Å². The molecule has 9 heteroatoms. The minimum atomic E-state index is -0.177. The third kappa shape index (κ3) is 6.88. The van der Waals surface area contributed by atoms with Crippen LogP contribution >= 0.6 is 15.9 Å². The van der Waals surface area contributed by atoms with Crippen LogP contribution in [0.2, 0.25) is 0 Å². The minimum Gasteiger partial charge on any atom is -0.347 e. The number of halogens is 1. The van der Waals surface area contributed by atoms with Gasteiger partial charge in [0.15, 0.2) is 11.3 Å². The lowest BCUT2D eigenvalue weighted by Crippen LogP contribution is -2.42. The van der Waals surface area contributed by atoms with Gasteiger partial charge in [-0.3, -0.25) is 9.48 Å². The standard InChI is InChI=1S/C25H38BrN7O/c1-5-8-10-14-31(15-11-9-6-2)17-19(4)28-25(34)21-16-23-27-13-12-22(33(23)29-21)24-20(26)18-32(7-3)30-24/h12-13,16,18-19H,5-11,14-15,17H2,1-4H3,(H,28,34).